The van der Waals surface area contributed by atoms with E-state index in [1.54, 1.807) is 0 Å². The van der Waals surface area contributed by atoms with Gasteiger partial charge in [0, 0.05) is 16.9 Å². The van der Waals surface area contributed by atoms with E-state index >= 15 is 0 Å². The molecule has 0 fully saturated rings. The highest BCUT2D eigenvalue weighted by atomic mass is 19.4. The summed E-state index contributed by atoms with van der Waals surface area (Å²) in [5, 5.41) is 9.13. The molecule has 144 valence electrons. The van der Waals surface area contributed by atoms with E-state index in [9.17, 15) is 26.3 Å². The van der Waals surface area contributed by atoms with Gasteiger partial charge in [-0.05, 0) is 32.0 Å². The molecule has 5 N–H and O–H groups in total. The lowest BCUT2D eigenvalue weighted by Gasteiger charge is -2.33. The van der Waals surface area contributed by atoms with Crippen molar-refractivity contribution in [2.45, 2.75) is 31.8 Å². The smallest absolute Gasteiger partial charge is 0.399 e. The van der Waals surface area contributed by atoms with E-state index < -0.39 is 29.2 Å². The lowest BCUT2D eigenvalue weighted by Crippen LogP contribution is -2.54. The number of halogens is 6. The Kier molecular flexibility index (Phi) is 6.19. The molecule has 0 bridgehead atoms. The molecule has 0 saturated heterocycles. The molecule has 2 rings (SSSR count). The van der Waals surface area contributed by atoms with E-state index in [1.165, 1.54) is 18.6 Å². The molecule has 0 aliphatic heterocycles. The van der Waals surface area contributed by atoms with Gasteiger partial charge >= 0.3 is 12.4 Å². The van der Waals surface area contributed by atoms with E-state index in [0.29, 0.717) is 6.07 Å². The number of nitrogen functional groups attached to an aromatic ring is 2. The summed E-state index contributed by atoms with van der Waals surface area (Å²) in [5.74, 6) is 0. The van der Waals surface area contributed by atoms with Crippen molar-refractivity contribution in [3.05, 3.63) is 59.2 Å². The van der Waals surface area contributed by atoms with Gasteiger partial charge in [0.1, 0.15) is 0 Å². The zero-order valence-electron chi connectivity index (χ0n) is 13.9. The quantitative estimate of drug-likeness (QED) is 0.505. The maximum atomic E-state index is 12.6. The van der Waals surface area contributed by atoms with Crippen molar-refractivity contribution in [2.75, 3.05) is 11.5 Å². The third kappa shape index (κ3) is 4.60. The molecule has 0 aliphatic rings. The molecule has 0 aromatic heterocycles. The Morgan fingerprint density at radius 3 is 1.54 bits per heavy atom. The molecule has 0 unspecified atom stereocenters. The Hall–Kier alpha value is -2.42. The van der Waals surface area contributed by atoms with E-state index in [0.717, 1.165) is 11.8 Å². The van der Waals surface area contributed by atoms with Crippen LogP contribution in [0.4, 0.5) is 37.7 Å². The summed E-state index contributed by atoms with van der Waals surface area (Å²) in [5.41, 5.74) is 5.56. The molecule has 3 nitrogen and oxygen atoms in total. The normalized spacial score (nSPS) is 12.3. The molecule has 9 heteroatoms. The van der Waals surface area contributed by atoms with Gasteiger partial charge in [0.05, 0.1) is 0 Å². The number of aryl methyl sites for hydroxylation is 2. The Bertz CT molecular complexity index is 703. The molecule has 0 spiro atoms. The van der Waals surface area contributed by atoms with Gasteiger partial charge in [0.2, 0.25) is 0 Å². The van der Waals surface area contributed by atoms with Crippen molar-refractivity contribution >= 4 is 11.4 Å². The summed E-state index contributed by atoms with van der Waals surface area (Å²) < 4.78 is 75.4. The average Bonchev–Trinajstić information content (AvgIpc) is 2.50. The molecular formula is C17H18F6N2O. The van der Waals surface area contributed by atoms with Gasteiger partial charge in [-0.25, -0.2) is 0 Å². The van der Waals surface area contributed by atoms with Crippen LogP contribution >= 0.6 is 0 Å². The van der Waals surface area contributed by atoms with E-state index in [4.69, 9.17) is 16.6 Å². The first-order valence-corrected chi connectivity index (χ1v) is 7.24. The van der Waals surface area contributed by atoms with E-state index in [-0.39, 0.29) is 5.56 Å². The molecule has 0 saturated carbocycles. The van der Waals surface area contributed by atoms with Crippen LogP contribution in [0.1, 0.15) is 16.7 Å². The number of benzene rings is 2. The number of aliphatic hydroxyl groups is 1. The monoisotopic (exact) mass is 380 g/mol. The van der Waals surface area contributed by atoms with Crippen LogP contribution in [-0.4, -0.2) is 17.5 Å². The molecule has 2 aromatic rings. The van der Waals surface area contributed by atoms with Crippen LogP contribution in [0.15, 0.2) is 42.5 Å². The van der Waals surface area contributed by atoms with E-state index in [1.807, 2.05) is 31.2 Å². The molecule has 0 amide bonds. The number of anilines is 2. The molecular weight excluding hydrogens is 362 g/mol. The molecule has 0 atom stereocenters. The van der Waals surface area contributed by atoms with Crippen LogP contribution in [0.3, 0.4) is 0 Å². The summed E-state index contributed by atoms with van der Waals surface area (Å²) in [7, 11) is 0. The van der Waals surface area contributed by atoms with Gasteiger partial charge in [-0.1, -0.05) is 35.4 Å². The standard InChI is InChI=1S/C10H9F6NO.C7H9N/c1-5-2-3-7(17)6(4-5)8(18,9(11,12)13)10(14,15)16;1-6-2-4-7(8)5-3-6/h2-4,18H,17H2,1H3;2-5H,8H2,1H3. The van der Waals surface area contributed by atoms with Gasteiger partial charge in [0.25, 0.3) is 5.60 Å². The van der Waals surface area contributed by atoms with Crippen LogP contribution in [0, 0.1) is 13.8 Å². The largest absolute Gasteiger partial charge is 0.430 e. The maximum Gasteiger partial charge on any atom is 0.430 e. The average molecular weight is 380 g/mol. The number of rotatable bonds is 1. The summed E-state index contributed by atoms with van der Waals surface area (Å²) in [6, 6.07) is 10.5. The van der Waals surface area contributed by atoms with Gasteiger partial charge in [-0.3, -0.25) is 0 Å². The Morgan fingerprint density at radius 2 is 1.15 bits per heavy atom. The fraction of sp³-hybridized carbons (Fsp3) is 0.294. The summed E-state index contributed by atoms with van der Waals surface area (Å²) in [6.45, 7) is 3.33. The van der Waals surface area contributed by atoms with Crippen molar-refractivity contribution in [3.63, 3.8) is 0 Å². The number of nitrogens with two attached hydrogens (primary N) is 2. The highest BCUT2D eigenvalue weighted by Gasteiger charge is 2.72. The summed E-state index contributed by atoms with van der Waals surface area (Å²) in [4.78, 5) is 0. The number of hydrogen-bond donors (Lipinski definition) is 3. The molecule has 0 aliphatic carbocycles. The predicted octanol–water partition coefficient (Wildman–Crippen LogP) is 4.47. The molecule has 0 radical (unpaired) electrons. The second-order valence-electron chi connectivity index (χ2n) is 5.71. The van der Waals surface area contributed by atoms with E-state index in [2.05, 4.69) is 0 Å². The lowest BCUT2D eigenvalue weighted by atomic mass is 9.89. The van der Waals surface area contributed by atoms with Crippen molar-refractivity contribution in [2.24, 2.45) is 0 Å². The van der Waals surface area contributed by atoms with Crippen LogP contribution in [0.25, 0.3) is 0 Å². The molecule has 2 aromatic carbocycles. The van der Waals surface area contributed by atoms with Crippen molar-refractivity contribution in [1.29, 1.82) is 0 Å². The van der Waals surface area contributed by atoms with Crippen LogP contribution in [0.5, 0.6) is 0 Å². The fourth-order valence-corrected chi connectivity index (χ4v) is 2.02. The van der Waals surface area contributed by atoms with Crippen LogP contribution in [-0.2, 0) is 5.60 Å². The highest BCUT2D eigenvalue weighted by molar-refractivity contribution is 5.52. The van der Waals surface area contributed by atoms with Crippen molar-refractivity contribution < 1.29 is 31.4 Å². The summed E-state index contributed by atoms with van der Waals surface area (Å²) >= 11 is 0. The minimum absolute atomic E-state index is 0.117. The molecule has 26 heavy (non-hydrogen) atoms. The third-order valence-electron chi connectivity index (χ3n) is 3.50. The second kappa shape index (κ2) is 7.45. The lowest BCUT2D eigenvalue weighted by molar-refractivity contribution is -0.376. The predicted molar refractivity (Wildman–Crippen MR) is 87.2 cm³/mol. The van der Waals surface area contributed by atoms with Crippen molar-refractivity contribution in [3.8, 4) is 0 Å². The maximum absolute atomic E-state index is 12.6. The zero-order valence-corrected chi connectivity index (χ0v) is 13.9. The Labute approximate surface area is 146 Å². The highest BCUT2D eigenvalue weighted by Crippen LogP contribution is 2.51. The topological polar surface area (TPSA) is 72.3 Å². The minimum Gasteiger partial charge on any atom is -0.399 e. The minimum atomic E-state index is -5.92. The zero-order chi connectivity index (χ0) is 20.3. The van der Waals surface area contributed by atoms with Gasteiger partial charge in [-0.15, -0.1) is 0 Å². The summed E-state index contributed by atoms with van der Waals surface area (Å²) in [6.07, 6.45) is -11.8. The second-order valence-corrected chi connectivity index (χ2v) is 5.71. The van der Waals surface area contributed by atoms with Crippen LogP contribution in [0.2, 0.25) is 0 Å². The number of hydrogen-bond acceptors (Lipinski definition) is 3. The first-order chi connectivity index (χ1) is 11.7. The first-order valence-electron chi connectivity index (χ1n) is 7.24. The first kappa shape index (κ1) is 21.6. The molecule has 0 heterocycles. The van der Waals surface area contributed by atoms with Gasteiger partial charge < -0.3 is 16.6 Å². The fourth-order valence-electron chi connectivity index (χ4n) is 2.02. The van der Waals surface area contributed by atoms with Gasteiger partial charge in [-0.2, -0.15) is 26.3 Å². The third-order valence-corrected chi connectivity index (χ3v) is 3.50. The number of alkyl halides is 6. The SMILES string of the molecule is Cc1ccc(N)c(C(O)(C(F)(F)F)C(F)(F)F)c1.Cc1ccc(N)cc1. The van der Waals surface area contributed by atoms with Gasteiger partial charge in [0.15, 0.2) is 0 Å². The Morgan fingerprint density at radius 1 is 0.731 bits per heavy atom. The van der Waals surface area contributed by atoms with Crippen LogP contribution < -0.4 is 11.5 Å². The van der Waals surface area contributed by atoms with Crippen molar-refractivity contribution in [1.82, 2.24) is 0 Å². The Balaban J connectivity index is 0.000000350.